The fourth-order valence-corrected chi connectivity index (χ4v) is 5.83. The van der Waals surface area contributed by atoms with Crippen LogP contribution >= 0.6 is 0 Å². The number of hydrogen-bond donors (Lipinski definition) is 1. The molecule has 0 saturated heterocycles. The normalized spacial score (nSPS) is 11.2. The highest BCUT2D eigenvalue weighted by Crippen LogP contribution is 2.35. The maximum atomic E-state index is 7.96. The van der Waals surface area contributed by atoms with Crippen molar-refractivity contribution in [2.45, 2.75) is 0 Å². The first-order valence-electron chi connectivity index (χ1n) is 13.7. The van der Waals surface area contributed by atoms with Crippen LogP contribution in [0.25, 0.3) is 71.0 Å². The molecule has 200 valence electrons. The molecule has 5 aromatic carbocycles. The van der Waals surface area contributed by atoms with Gasteiger partial charge < -0.3 is 4.85 Å². The number of hydrogen-bond acceptors (Lipinski definition) is 2. The Morgan fingerprint density at radius 2 is 1.47 bits per heavy atom. The highest BCUT2D eigenvalue weighted by Gasteiger charge is 2.25. The number of imidazole rings is 3. The van der Waals surface area contributed by atoms with Gasteiger partial charge in [0.2, 0.25) is 5.52 Å². The molecule has 0 fully saturated rings. The van der Waals surface area contributed by atoms with E-state index >= 15 is 0 Å². The van der Waals surface area contributed by atoms with Crippen molar-refractivity contribution in [1.29, 1.82) is 0 Å². The van der Waals surface area contributed by atoms with Crippen LogP contribution < -0.4 is 4.57 Å². The first-order valence-corrected chi connectivity index (χ1v) is 13.7. The standard InChI is InChI=1S/C35H20N8/c1-36-34-39-28-13-5-9-17-32(28)42(34)24-19-23(20-25(21-24)43-33-18-10-6-14-29(33)40-35(43)37-2)26-11-3-7-15-30(26)41-22-38-27-12-4-8-16-31(27)41/h3-22H/p+1. The molecule has 0 aliphatic rings. The van der Waals surface area contributed by atoms with Gasteiger partial charge in [-0.1, -0.05) is 54.6 Å². The lowest BCUT2D eigenvalue weighted by molar-refractivity contribution is -0.549. The van der Waals surface area contributed by atoms with Gasteiger partial charge in [0.25, 0.3) is 0 Å². The smallest absolute Gasteiger partial charge is 0.396 e. The third-order valence-corrected chi connectivity index (χ3v) is 7.70. The highest BCUT2D eigenvalue weighted by atomic mass is 15.2. The molecule has 0 aliphatic heterocycles. The van der Waals surface area contributed by atoms with Crippen LogP contribution in [0.3, 0.4) is 0 Å². The second kappa shape index (κ2) is 9.55. The van der Waals surface area contributed by atoms with Crippen molar-refractivity contribution < 1.29 is 4.57 Å². The second-order valence-electron chi connectivity index (χ2n) is 10.1. The predicted molar refractivity (Wildman–Crippen MR) is 167 cm³/mol. The Kier molecular flexibility index (Phi) is 5.40. The maximum Gasteiger partial charge on any atom is 0.498 e. The van der Waals surface area contributed by atoms with E-state index in [-0.39, 0.29) is 5.95 Å². The van der Waals surface area contributed by atoms with Crippen LogP contribution in [0.4, 0.5) is 11.9 Å². The summed E-state index contributed by atoms with van der Waals surface area (Å²) >= 11 is 0. The minimum absolute atomic E-state index is 0.271. The molecule has 0 radical (unpaired) electrons. The van der Waals surface area contributed by atoms with Gasteiger partial charge in [0, 0.05) is 17.7 Å². The van der Waals surface area contributed by atoms with Crippen molar-refractivity contribution in [3.8, 4) is 28.2 Å². The molecule has 0 atom stereocenters. The van der Waals surface area contributed by atoms with Gasteiger partial charge in [-0.3, -0.25) is 14.0 Å². The summed E-state index contributed by atoms with van der Waals surface area (Å²) < 4.78 is 5.91. The van der Waals surface area contributed by atoms with Crippen molar-refractivity contribution in [3.63, 3.8) is 0 Å². The Hall–Kier alpha value is -6.51. The zero-order valence-electron chi connectivity index (χ0n) is 22.7. The van der Waals surface area contributed by atoms with Crippen LogP contribution in [-0.4, -0.2) is 24.1 Å². The summed E-state index contributed by atoms with van der Waals surface area (Å²) in [6.45, 7) is 15.9. The molecule has 8 heteroatoms. The number of rotatable bonds is 4. The number of fused-ring (bicyclic) bond motifs is 3. The van der Waals surface area contributed by atoms with Crippen molar-refractivity contribution in [2.75, 3.05) is 0 Å². The molecule has 0 unspecified atom stereocenters. The van der Waals surface area contributed by atoms with Gasteiger partial charge >= 0.3 is 11.9 Å². The van der Waals surface area contributed by atoms with Crippen LogP contribution in [0.5, 0.6) is 0 Å². The number of aromatic amines is 1. The molecular weight excluding hydrogens is 532 g/mol. The highest BCUT2D eigenvalue weighted by molar-refractivity contribution is 5.85. The summed E-state index contributed by atoms with van der Waals surface area (Å²) in [7, 11) is 0. The largest absolute Gasteiger partial charge is 0.498 e. The zero-order chi connectivity index (χ0) is 28.9. The molecule has 1 N–H and O–H groups in total. The Morgan fingerprint density at radius 1 is 0.721 bits per heavy atom. The average molecular weight is 554 g/mol. The minimum Gasteiger partial charge on any atom is -0.396 e. The lowest BCUT2D eigenvalue weighted by Gasteiger charge is -2.14. The van der Waals surface area contributed by atoms with Crippen molar-refractivity contribution >= 4 is 45.0 Å². The first kappa shape index (κ1) is 24.3. The van der Waals surface area contributed by atoms with Gasteiger partial charge in [-0.25, -0.2) is 9.97 Å². The van der Waals surface area contributed by atoms with E-state index in [1.165, 1.54) is 0 Å². The Bertz CT molecular complexity index is 2330. The Morgan fingerprint density at radius 3 is 2.33 bits per heavy atom. The van der Waals surface area contributed by atoms with E-state index < -0.39 is 0 Å². The van der Waals surface area contributed by atoms with Gasteiger partial charge in [-0.15, -0.1) is 11.6 Å². The minimum atomic E-state index is 0.271. The molecule has 3 aromatic heterocycles. The van der Waals surface area contributed by atoms with Gasteiger partial charge in [-0.2, -0.15) is 4.57 Å². The lowest BCUT2D eigenvalue weighted by Crippen LogP contribution is -2.29. The number of para-hydroxylation sites is 7. The quantitative estimate of drug-likeness (QED) is 0.178. The Labute approximate surface area is 246 Å². The number of H-pyrrole nitrogens is 1. The maximum absolute atomic E-state index is 7.96. The summed E-state index contributed by atoms with van der Waals surface area (Å²) in [4.78, 5) is 20.1. The number of aromatic nitrogens is 6. The molecule has 0 spiro atoms. The van der Waals surface area contributed by atoms with Crippen molar-refractivity contribution in [1.82, 2.24) is 24.1 Å². The van der Waals surface area contributed by atoms with E-state index in [1.54, 1.807) is 0 Å². The molecular formula is C35H21N8+. The van der Waals surface area contributed by atoms with E-state index in [1.807, 2.05) is 100 Å². The van der Waals surface area contributed by atoms with Crippen molar-refractivity contribution in [2.24, 2.45) is 0 Å². The Balaban J connectivity index is 1.46. The SMILES string of the molecule is [C-]#[N+]c1nc2ccccc2n1-c1cc(-c2ccccc2-n2cnc3ccccc32)cc(-[n+]2c([N+]#[C-])[nH]c3ccccc32)c1. The second-order valence-corrected chi connectivity index (χ2v) is 10.1. The molecule has 0 amide bonds. The summed E-state index contributed by atoms with van der Waals surface area (Å²) in [5.41, 5.74) is 9.66. The lowest BCUT2D eigenvalue weighted by atomic mass is 10.0. The molecule has 0 saturated carbocycles. The third-order valence-electron chi connectivity index (χ3n) is 7.70. The van der Waals surface area contributed by atoms with E-state index in [0.717, 1.165) is 61.3 Å². The van der Waals surface area contributed by atoms with Crippen LogP contribution in [0.2, 0.25) is 0 Å². The molecule has 8 aromatic rings. The van der Waals surface area contributed by atoms with E-state index in [4.69, 9.17) is 13.1 Å². The average Bonchev–Trinajstić information content (AvgIpc) is 3.77. The zero-order valence-corrected chi connectivity index (χ0v) is 22.7. The molecule has 0 aliphatic carbocycles. The third kappa shape index (κ3) is 3.79. The fourth-order valence-electron chi connectivity index (χ4n) is 5.83. The number of nitrogens with zero attached hydrogens (tertiary/aromatic N) is 7. The van der Waals surface area contributed by atoms with Crippen molar-refractivity contribution in [3.05, 3.63) is 144 Å². The molecule has 0 bridgehead atoms. The van der Waals surface area contributed by atoms with Gasteiger partial charge in [0.1, 0.15) is 11.8 Å². The summed E-state index contributed by atoms with van der Waals surface area (Å²) in [5, 5.41) is 0. The van der Waals surface area contributed by atoms with Crippen LogP contribution in [-0.2, 0) is 0 Å². The fraction of sp³-hybridized carbons (Fsp3) is 0. The topological polar surface area (TPSA) is 64.0 Å². The van der Waals surface area contributed by atoms with E-state index in [0.29, 0.717) is 5.95 Å². The predicted octanol–water partition coefficient (Wildman–Crippen LogP) is 7.89. The summed E-state index contributed by atoms with van der Waals surface area (Å²) in [6.07, 6.45) is 1.85. The summed E-state index contributed by atoms with van der Waals surface area (Å²) in [5.74, 6) is 0.659. The monoisotopic (exact) mass is 553 g/mol. The van der Waals surface area contributed by atoms with Crippen LogP contribution in [0, 0.1) is 13.1 Å². The van der Waals surface area contributed by atoms with Gasteiger partial charge in [0.15, 0.2) is 16.7 Å². The van der Waals surface area contributed by atoms with E-state index in [2.05, 4.69) is 59.5 Å². The molecule has 8 nitrogen and oxygen atoms in total. The van der Waals surface area contributed by atoms with E-state index in [9.17, 15) is 0 Å². The van der Waals surface area contributed by atoms with Gasteiger partial charge in [0.05, 0.1) is 22.4 Å². The first-order chi connectivity index (χ1) is 21.2. The molecule has 43 heavy (non-hydrogen) atoms. The molecule has 8 rings (SSSR count). The van der Waals surface area contributed by atoms with Crippen LogP contribution in [0.1, 0.15) is 0 Å². The number of nitrogens with one attached hydrogen (secondary N) is 1. The summed E-state index contributed by atoms with van der Waals surface area (Å²) in [6, 6.07) is 38.1. The van der Waals surface area contributed by atoms with Crippen LogP contribution in [0.15, 0.2) is 122 Å². The van der Waals surface area contributed by atoms with Gasteiger partial charge in [-0.05, 0) is 60.7 Å². The number of benzene rings is 5. The molecule has 3 heterocycles.